The van der Waals surface area contributed by atoms with Gasteiger partial charge >= 0.3 is 0 Å². The molecule has 0 radical (unpaired) electrons. The molecule has 4 N–H and O–H groups in total. The van der Waals surface area contributed by atoms with Gasteiger partial charge in [-0.3, -0.25) is 4.79 Å². The number of nitrogen functional groups attached to an aromatic ring is 1. The number of nitrogens with two attached hydrogens (primary N) is 1. The lowest BCUT2D eigenvalue weighted by Gasteiger charge is -2.22. The molecule has 1 atom stereocenters. The number of alkyl halides is 1. The maximum atomic E-state index is 15.0. The van der Waals surface area contributed by atoms with Crippen LogP contribution in [0, 0.1) is 11.6 Å². The lowest BCUT2D eigenvalue weighted by Crippen LogP contribution is -2.31. The first-order valence-corrected chi connectivity index (χ1v) is 11.7. The van der Waals surface area contributed by atoms with Crippen molar-refractivity contribution in [3.63, 3.8) is 0 Å². The molecule has 0 bridgehead atoms. The van der Waals surface area contributed by atoms with Gasteiger partial charge in [-0.15, -0.1) is 11.6 Å². The summed E-state index contributed by atoms with van der Waals surface area (Å²) in [5, 5.41) is 12.3. The number of aliphatic hydroxyl groups is 1. The number of carbonyl (C=O) groups excluding carboxylic acids is 1. The fourth-order valence-corrected chi connectivity index (χ4v) is 4.24. The van der Waals surface area contributed by atoms with E-state index in [0.29, 0.717) is 35.6 Å². The molecule has 0 spiro atoms. The van der Waals surface area contributed by atoms with Crippen molar-refractivity contribution in [3.05, 3.63) is 76.6 Å². The van der Waals surface area contributed by atoms with Gasteiger partial charge in [-0.1, -0.05) is 12.1 Å². The largest absolute Gasteiger partial charge is 0.394 e. The zero-order valence-corrected chi connectivity index (χ0v) is 19.6. The predicted molar refractivity (Wildman–Crippen MR) is 128 cm³/mol. The second kappa shape index (κ2) is 11.1. The minimum absolute atomic E-state index is 0.0642. The number of nitrogens with zero attached hydrogens (tertiary/aromatic N) is 2. The zero-order chi connectivity index (χ0) is 24.9. The molecule has 1 saturated heterocycles. The number of anilines is 1. The van der Waals surface area contributed by atoms with Crippen LogP contribution in [0.3, 0.4) is 0 Å². The minimum Gasteiger partial charge on any atom is -0.394 e. The number of carbonyl (C=O) groups is 1. The van der Waals surface area contributed by atoms with Gasteiger partial charge < -0.3 is 20.9 Å². The van der Waals surface area contributed by atoms with Gasteiger partial charge in [-0.2, -0.15) is 0 Å². The lowest BCUT2D eigenvalue weighted by molar-refractivity contribution is 0.0844. The summed E-state index contributed by atoms with van der Waals surface area (Å²) in [5.74, 6) is -1.71. The van der Waals surface area contributed by atoms with Gasteiger partial charge in [0.25, 0.3) is 5.91 Å². The number of hydrogen-bond donors (Lipinski definition) is 3. The van der Waals surface area contributed by atoms with Crippen LogP contribution >= 0.6 is 11.6 Å². The van der Waals surface area contributed by atoms with Crippen molar-refractivity contribution in [3.8, 4) is 11.3 Å². The Hall–Kier alpha value is -3.14. The highest BCUT2D eigenvalue weighted by Gasteiger charge is 2.22. The first-order valence-electron chi connectivity index (χ1n) is 11.2. The van der Waals surface area contributed by atoms with E-state index in [2.05, 4.69) is 15.3 Å². The Bertz CT molecular complexity index is 1220. The Kier molecular flexibility index (Phi) is 7.90. The number of aliphatic hydroxyl groups excluding tert-OH is 1. The molecule has 10 heteroatoms. The molecular formula is C25H25ClF2N4O3. The monoisotopic (exact) mass is 502 g/mol. The number of nitrogens with one attached hydrogen (secondary N) is 1. The Labute approximate surface area is 206 Å². The summed E-state index contributed by atoms with van der Waals surface area (Å²) < 4.78 is 34.3. The van der Waals surface area contributed by atoms with Crippen LogP contribution in [-0.2, 0) is 10.6 Å². The van der Waals surface area contributed by atoms with E-state index >= 15 is 4.39 Å². The molecule has 2 aromatic carbocycles. The highest BCUT2D eigenvalue weighted by Crippen LogP contribution is 2.30. The van der Waals surface area contributed by atoms with E-state index in [1.54, 1.807) is 12.3 Å². The van der Waals surface area contributed by atoms with Gasteiger partial charge in [-0.25, -0.2) is 18.7 Å². The molecule has 1 amide bonds. The molecule has 3 aromatic rings. The topological polar surface area (TPSA) is 110 Å². The van der Waals surface area contributed by atoms with Gasteiger partial charge in [0, 0.05) is 30.6 Å². The average molecular weight is 503 g/mol. The van der Waals surface area contributed by atoms with Crippen LogP contribution in [0.25, 0.3) is 11.3 Å². The minimum atomic E-state index is -0.947. The van der Waals surface area contributed by atoms with E-state index in [4.69, 9.17) is 22.1 Å². The normalized spacial score (nSPS) is 15.1. The summed E-state index contributed by atoms with van der Waals surface area (Å²) in [6.07, 6.45) is 3.26. The molecule has 1 aliphatic rings. The molecule has 1 aromatic heterocycles. The fraction of sp³-hybridized carbons (Fsp3) is 0.320. The van der Waals surface area contributed by atoms with Crippen LogP contribution in [0.1, 0.15) is 52.0 Å². The highest BCUT2D eigenvalue weighted by atomic mass is 35.5. The fourth-order valence-electron chi connectivity index (χ4n) is 4.09. The van der Waals surface area contributed by atoms with Crippen LogP contribution < -0.4 is 11.1 Å². The summed E-state index contributed by atoms with van der Waals surface area (Å²) in [5.41, 5.74) is 8.06. The number of hydrogen-bond acceptors (Lipinski definition) is 6. The van der Waals surface area contributed by atoms with Gasteiger partial charge in [0.15, 0.2) is 0 Å². The van der Waals surface area contributed by atoms with Crippen molar-refractivity contribution in [2.24, 2.45) is 0 Å². The van der Waals surface area contributed by atoms with Gasteiger partial charge in [-0.05, 0) is 48.2 Å². The van der Waals surface area contributed by atoms with Crippen LogP contribution in [0.15, 0.2) is 42.6 Å². The number of aromatic nitrogens is 2. The van der Waals surface area contributed by atoms with Crippen LogP contribution in [0.5, 0.6) is 0 Å². The molecule has 4 rings (SSSR count). The van der Waals surface area contributed by atoms with Crippen molar-refractivity contribution in [2.45, 2.75) is 30.7 Å². The Morgan fingerprint density at radius 3 is 2.69 bits per heavy atom. The van der Waals surface area contributed by atoms with Crippen molar-refractivity contribution in [1.82, 2.24) is 15.3 Å². The van der Waals surface area contributed by atoms with E-state index in [0.717, 1.165) is 18.5 Å². The number of halogens is 3. The quantitative estimate of drug-likeness (QED) is 0.419. The maximum Gasteiger partial charge on any atom is 0.254 e. The van der Waals surface area contributed by atoms with Crippen LogP contribution in [0.4, 0.5) is 14.6 Å². The molecule has 1 fully saturated rings. The third-order valence-corrected chi connectivity index (χ3v) is 6.28. The molecular weight excluding hydrogens is 478 g/mol. The second-order valence-electron chi connectivity index (χ2n) is 8.35. The van der Waals surface area contributed by atoms with Crippen LogP contribution in [0.2, 0.25) is 0 Å². The molecule has 1 aliphatic heterocycles. The molecule has 7 nitrogen and oxygen atoms in total. The van der Waals surface area contributed by atoms with Gasteiger partial charge in [0.1, 0.15) is 23.1 Å². The van der Waals surface area contributed by atoms with Crippen molar-refractivity contribution < 1.29 is 23.4 Å². The van der Waals surface area contributed by atoms with E-state index in [9.17, 15) is 14.3 Å². The molecule has 0 aliphatic carbocycles. The summed E-state index contributed by atoms with van der Waals surface area (Å²) in [7, 11) is 0. The average Bonchev–Trinajstić information content (AvgIpc) is 2.87. The first-order chi connectivity index (χ1) is 16.9. The second-order valence-corrected chi connectivity index (χ2v) is 8.61. The zero-order valence-electron chi connectivity index (χ0n) is 18.8. The van der Waals surface area contributed by atoms with Crippen LogP contribution in [-0.4, -0.2) is 40.8 Å². The van der Waals surface area contributed by atoms with Crippen molar-refractivity contribution >= 4 is 23.3 Å². The van der Waals surface area contributed by atoms with Gasteiger partial charge in [0.2, 0.25) is 0 Å². The summed E-state index contributed by atoms with van der Waals surface area (Å²) >= 11 is 5.78. The summed E-state index contributed by atoms with van der Waals surface area (Å²) in [6.45, 7) is 0.770. The van der Waals surface area contributed by atoms with Crippen molar-refractivity contribution in [1.29, 1.82) is 0 Å². The number of amides is 1. The number of ether oxygens (including phenoxy) is 1. The Morgan fingerprint density at radius 2 is 2.00 bits per heavy atom. The maximum absolute atomic E-state index is 15.0. The standard InChI is InChI=1S/C25H25ClF2N4O3/c26-11-14-7-17(9-18(27)8-14)22(13-33)32-25(34)19-2-1-16(10-20(19)28)23-24(29)30-12-21(31-23)15-3-5-35-6-4-15/h1-2,7-10,12,15,22,33H,3-6,11,13H2,(H2,29,30)(H,32,34)/t22-/m1/s1. The predicted octanol–water partition coefficient (Wildman–Crippen LogP) is 4.10. The number of rotatable bonds is 7. The smallest absolute Gasteiger partial charge is 0.254 e. The Balaban J connectivity index is 1.56. The van der Waals surface area contributed by atoms with E-state index in [-0.39, 0.29) is 23.2 Å². The third-order valence-electron chi connectivity index (χ3n) is 5.97. The molecule has 2 heterocycles. The summed E-state index contributed by atoms with van der Waals surface area (Å²) in [4.78, 5) is 21.6. The molecule has 0 saturated carbocycles. The highest BCUT2D eigenvalue weighted by molar-refractivity contribution is 6.17. The Morgan fingerprint density at radius 1 is 1.23 bits per heavy atom. The molecule has 35 heavy (non-hydrogen) atoms. The van der Waals surface area contributed by atoms with E-state index in [1.807, 2.05) is 0 Å². The molecule has 184 valence electrons. The third kappa shape index (κ3) is 5.75. The number of benzene rings is 2. The molecule has 0 unspecified atom stereocenters. The van der Waals surface area contributed by atoms with Crippen molar-refractivity contribution in [2.75, 3.05) is 25.6 Å². The van der Waals surface area contributed by atoms with E-state index in [1.165, 1.54) is 30.3 Å². The van der Waals surface area contributed by atoms with Gasteiger partial charge in [0.05, 0.1) is 30.1 Å². The summed E-state index contributed by atoms with van der Waals surface area (Å²) in [6, 6.07) is 7.09. The first kappa shape index (κ1) is 25.0. The lowest BCUT2D eigenvalue weighted by atomic mass is 9.96. The van der Waals surface area contributed by atoms with E-state index < -0.39 is 30.2 Å². The SMILES string of the molecule is Nc1ncc(C2CCOCC2)nc1-c1ccc(C(=O)N[C@H](CO)c2cc(F)cc(CCl)c2)c(F)c1.